The van der Waals surface area contributed by atoms with E-state index in [1.165, 1.54) is 5.57 Å². The molecular weight excluding hydrogens is 288 g/mol. The van der Waals surface area contributed by atoms with Gasteiger partial charge in [0, 0.05) is 5.57 Å². The molecule has 0 aromatic heterocycles. The van der Waals surface area contributed by atoms with Crippen LogP contribution in [0.4, 0.5) is 0 Å². The van der Waals surface area contributed by atoms with Gasteiger partial charge in [0.2, 0.25) is 0 Å². The Balaban J connectivity index is 2.03. The Kier molecular flexibility index (Phi) is 3.93. The largest absolute Gasteiger partial charge is 0.389 e. The molecule has 3 aliphatic rings. The minimum atomic E-state index is -0.610. The van der Waals surface area contributed by atoms with Crippen LogP contribution in [0.1, 0.15) is 53.4 Å². The Hall–Kier alpha value is -1.19. The maximum atomic E-state index is 12.9. The van der Waals surface area contributed by atoms with E-state index in [4.69, 9.17) is 4.74 Å². The molecule has 2 aliphatic carbocycles. The molecule has 3 heteroatoms. The Labute approximate surface area is 139 Å². The number of rotatable bonds is 0. The van der Waals surface area contributed by atoms with E-state index in [9.17, 15) is 9.90 Å². The zero-order valence-electron chi connectivity index (χ0n) is 14.7. The number of aliphatic hydroxyl groups excluding tert-OH is 1. The molecular formula is C20H28O3. The number of ether oxygens (including phenoxy) is 1. The van der Waals surface area contributed by atoms with Gasteiger partial charge in [-0.3, -0.25) is 4.79 Å². The van der Waals surface area contributed by atoms with Crippen LogP contribution in [0.2, 0.25) is 0 Å². The number of carbonyl (C=O) groups excluding carboxylic acids is 1. The highest BCUT2D eigenvalue weighted by Crippen LogP contribution is 2.51. The third-order valence-corrected chi connectivity index (χ3v) is 6.43. The molecule has 0 amide bonds. The van der Waals surface area contributed by atoms with Crippen LogP contribution in [0.25, 0.3) is 0 Å². The molecule has 3 nitrogen and oxygen atoms in total. The van der Waals surface area contributed by atoms with E-state index in [1.807, 2.05) is 6.92 Å². The first kappa shape index (κ1) is 16.7. The summed E-state index contributed by atoms with van der Waals surface area (Å²) >= 11 is 0. The Morgan fingerprint density at radius 2 is 2.04 bits per heavy atom. The van der Waals surface area contributed by atoms with Gasteiger partial charge in [0.1, 0.15) is 11.7 Å². The number of hydrogen-bond acceptors (Lipinski definition) is 3. The molecule has 0 saturated carbocycles. The summed E-state index contributed by atoms with van der Waals surface area (Å²) in [6.07, 6.45) is 6.65. The number of ketones is 1. The molecule has 2 bridgehead atoms. The van der Waals surface area contributed by atoms with Crippen LogP contribution in [-0.4, -0.2) is 28.7 Å². The maximum absolute atomic E-state index is 12.9. The highest BCUT2D eigenvalue weighted by Gasteiger charge is 2.58. The highest BCUT2D eigenvalue weighted by molar-refractivity contribution is 6.05. The summed E-state index contributed by atoms with van der Waals surface area (Å²) in [7, 11) is 0. The lowest BCUT2D eigenvalue weighted by molar-refractivity contribution is -0.117. The lowest BCUT2D eigenvalue weighted by Gasteiger charge is -2.44. The van der Waals surface area contributed by atoms with Crippen molar-refractivity contribution in [3.63, 3.8) is 0 Å². The number of epoxide rings is 1. The van der Waals surface area contributed by atoms with E-state index in [0.717, 1.165) is 31.3 Å². The van der Waals surface area contributed by atoms with Crippen LogP contribution in [0.15, 0.2) is 35.5 Å². The van der Waals surface area contributed by atoms with Crippen LogP contribution >= 0.6 is 0 Å². The summed E-state index contributed by atoms with van der Waals surface area (Å²) in [5.74, 6) is 0.0461. The second kappa shape index (κ2) is 5.42. The van der Waals surface area contributed by atoms with Crippen molar-refractivity contribution >= 4 is 5.78 Å². The molecule has 1 saturated heterocycles. The Bertz CT molecular complexity index is 614. The zero-order valence-corrected chi connectivity index (χ0v) is 14.7. The van der Waals surface area contributed by atoms with Crippen molar-refractivity contribution < 1.29 is 14.6 Å². The number of carbonyl (C=O) groups is 1. The Morgan fingerprint density at radius 1 is 1.35 bits per heavy atom. The summed E-state index contributed by atoms with van der Waals surface area (Å²) in [6, 6.07) is 0. The third-order valence-electron chi connectivity index (χ3n) is 6.43. The molecule has 5 atom stereocenters. The van der Waals surface area contributed by atoms with Crippen molar-refractivity contribution in [3.8, 4) is 0 Å². The van der Waals surface area contributed by atoms with E-state index < -0.39 is 6.10 Å². The van der Waals surface area contributed by atoms with Gasteiger partial charge in [0.15, 0.2) is 5.78 Å². The fourth-order valence-electron chi connectivity index (χ4n) is 4.05. The normalized spacial score (nSPS) is 46.7. The average Bonchev–Trinajstić information content (AvgIpc) is 3.17. The first-order valence-corrected chi connectivity index (χ1v) is 8.66. The average molecular weight is 316 g/mol. The van der Waals surface area contributed by atoms with Gasteiger partial charge in [-0.15, -0.1) is 0 Å². The van der Waals surface area contributed by atoms with E-state index in [1.54, 1.807) is 6.08 Å². The lowest BCUT2D eigenvalue weighted by atomic mass is 9.61. The van der Waals surface area contributed by atoms with E-state index in [2.05, 4.69) is 33.4 Å². The standard InChI is InChI=1S/C20H28O3/c1-12-7-6-9-20(5)18(23-20)17(22)15-11-16(21)14(3)19(4,10-8-12)13(15)2/h7,11,14,16,18,21H,2,6,8-10H2,1,3-5H3/b12-7+/t14-,16+,18-,19-,20?/m1/s1. The van der Waals surface area contributed by atoms with Crippen molar-refractivity contribution in [3.05, 3.63) is 35.5 Å². The molecule has 0 aromatic carbocycles. The van der Waals surface area contributed by atoms with Crippen LogP contribution in [0.5, 0.6) is 0 Å². The van der Waals surface area contributed by atoms with Crippen LogP contribution in [-0.2, 0) is 9.53 Å². The van der Waals surface area contributed by atoms with Crippen molar-refractivity contribution in [1.82, 2.24) is 0 Å². The summed E-state index contributed by atoms with van der Waals surface area (Å²) < 4.78 is 5.76. The minimum Gasteiger partial charge on any atom is -0.389 e. The van der Waals surface area contributed by atoms with Gasteiger partial charge in [-0.2, -0.15) is 0 Å². The highest BCUT2D eigenvalue weighted by atomic mass is 16.6. The van der Waals surface area contributed by atoms with E-state index in [-0.39, 0.29) is 28.8 Å². The second-order valence-corrected chi connectivity index (χ2v) is 8.02. The summed E-state index contributed by atoms with van der Waals surface area (Å²) in [5.41, 5.74) is 2.20. The summed E-state index contributed by atoms with van der Waals surface area (Å²) in [4.78, 5) is 12.9. The third kappa shape index (κ3) is 2.64. The van der Waals surface area contributed by atoms with Crippen molar-refractivity contribution in [1.29, 1.82) is 0 Å². The van der Waals surface area contributed by atoms with Gasteiger partial charge in [0.05, 0.1) is 6.10 Å². The fraction of sp³-hybridized carbons (Fsp3) is 0.650. The van der Waals surface area contributed by atoms with Crippen LogP contribution < -0.4 is 0 Å². The fourth-order valence-corrected chi connectivity index (χ4v) is 4.05. The molecule has 126 valence electrons. The molecule has 0 spiro atoms. The van der Waals surface area contributed by atoms with Crippen molar-refractivity contribution in [2.75, 3.05) is 0 Å². The van der Waals surface area contributed by atoms with Gasteiger partial charge in [0.25, 0.3) is 0 Å². The van der Waals surface area contributed by atoms with Gasteiger partial charge in [-0.25, -0.2) is 0 Å². The number of allylic oxidation sites excluding steroid dienone is 3. The minimum absolute atomic E-state index is 0.00375. The number of aliphatic hydroxyl groups is 1. The predicted molar refractivity (Wildman–Crippen MR) is 91.0 cm³/mol. The topological polar surface area (TPSA) is 49.8 Å². The van der Waals surface area contributed by atoms with Crippen LogP contribution in [0.3, 0.4) is 0 Å². The maximum Gasteiger partial charge on any atom is 0.194 e. The first-order chi connectivity index (χ1) is 10.7. The molecule has 23 heavy (non-hydrogen) atoms. The molecule has 1 fully saturated rings. The first-order valence-electron chi connectivity index (χ1n) is 8.66. The zero-order chi connectivity index (χ0) is 17.0. The van der Waals surface area contributed by atoms with Crippen molar-refractivity contribution in [2.45, 2.75) is 71.2 Å². The van der Waals surface area contributed by atoms with E-state index in [0.29, 0.717) is 5.57 Å². The molecule has 1 aliphatic heterocycles. The molecule has 1 heterocycles. The number of Topliss-reactive ketones (excluding diaryl/α,β-unsaturated/α-hetero) is 1. The predicted octanol–water partition coefficient (Wildman–Crippen LogP) is 3.73. The Morgan fingerprint density at radius 3 is 2.74 bits per heavy atom. The van der Waals surface area contributed by atoms with Gasteiger partial charge >= 0.3 is 0 Å². The summed E-state index contributed by atoms with van der Waals surface area (Å²) in [5, 5.41) is 10.5. The van der Waals surface area contributed by atoms with E-state index >= 15 is 0 Å². The molecule has 3 rings (SSSR count). The molecule has 1 N–H and O–H groups in total. The number of fused-ring (bicyclic) bond motifs is 3. The molecule has 0 radical (unpaired) electrons. The quantitative estimate of drug-likeness (QED) is 0.547. The number of hydrogen-bond donors (Lipinski definition) is 1. The molecule has 0 aromatic rings. The second-order valence-electron chi connectivity index (χ2n) is 8.02. The van der Waals surface area contributed by atoms with Gasteiger partial charge in [-0.05, 0) is 62.5 Å². The summed E-state index contributed by atoms with van der Waals surface area (Å²) in [6.45, 7) is 12.6. The van der Waals surface area contributed by atoms with Crippen molar-refractivity contribution in [2.24, 2.45) is 11.3 Å². The van der Waals surface area contributed by atoms with Gasteiger partial charge < -0.3 is 9.84 Å². The van der Waals surface area contributed by atoms with Crippen LogP contribution in [0, 0.1) is 11.3 Å². The molecule has 1 unspecified atom stereocenters. The lowest BCUT2D eigenvalue weighted by Crippen LogP contribution is -2.41. The SMILES string of the molecule is C=C1C2=C[C@H](O)[C@@H](C)[C@]1(C)CC/C(C)=C/CCC1(C)O[C@@H]1C2=O. The monoisotopic (exact) mass is 316 g/mol. The van der Waals surface area contributed by atoms with Gasteiger partial charge in [-0.1, -0.05) is 32.1 Å². The smallest absolute Gasteiger partial charge is 0.194 e.